The summed E-state index contributed by atoms with van der Waals surface area (Å²) in [6, 6.07) is 13.7. The monoisotopic (exact) mass is 368 g/mol. The number of ether oxygens (including phenoxy) is 2. The van der Waals surface area contributed by atoms with Crippen molar-refractivity contribution in [1.29, 1.82) is 0 Å². The smallest absolute Gasteiger partial charge is 0.292 e. The van der Waals surface area contributed by atoms with Crippen LogP contribution in [0.15, 0.2) is 47.5 Å². The molecule has 1 amide bonds. The van der Waals surface area contributed by atoms with Gasteiger partial charge in [-0.05, 0) is 35.7 Å². The van der Waals surface area contributed by atoms with E-state index >= 15 is 0 Å². The number of nitrogens with zero attached hydrogens (tertiary/aromatic N) is 2. The first-order valence-corrected chi connectivity index (χ1v) is 9.41. The summed E-state index contributed by atoms with van der Waals surface area (Å²) in [6.07, 6.45) is -0.721. The predicted molar refractivity (Wildman–Crippen MR) is 102 cm³/mol. The Morgan fingerprint density at radius 1 is 1.23 bits per heavy atom. The number of hydrogen-bond donors (Lipinski definition) is 0. The summed E-state index contributed by atoms with van der Waals surface area (Å²) in [6.45, 7) is 4.51. The second-order valence-corrected chi connectivity index (χ2v) is 7.65. The molecule has 1 atom stereocenters. The van der Waals surface area contributed by atoms with E-state index in [1.807, 2.05) is 29.8 Å². The number of carbonyl (C=O) groups is 1. The van der Waals surface area contributed by atoms with Crippen molar-refractivity contribution in [2.75, 3.05) is 6.61 Å². The molecule has 5 nitrogen and oxygen atoms in total. The Balaban J connectivity index is 1.66. The minimum atomic E-state index is -0.721. The predicted octanol–water partition coefficient (Wildman–Crippen LogP) is 3.63. The Morgan fingerprint density at radius 2 is 2.00 bits per heavy atom. The topological polar surface area (TPSA) is 52.8 Å². The number of hydrogen-bond acceptors (Lipinski definition) is 4. The third kappa shape index (κ3) is 3.01. The number of aryl methyl sites for hydroxylation is 1. The van der Waals surface area contributed by atoms with E-state index in [2.05, 4.69) is 37.0 Å². The zero-order chi connectivity index (χ0) is 18.3. The summed E-state index contributed by atoms with van der Waals surface area (Å²) in [4.78, 5) is 17.6. The van der Waals surface area contributed by atoms with E-state index in [1.165, 1.54) is 16.9 Å². The maximum absolute atomic E-state index is 12.6. The Kier molecular flexibility index (Phi) is 4.28. The highest BCUT2D eigenvalue weighted by atomic mass is 32.1. The fraction of sp³-hybridized carbons (Fsp3) is 0.300. The fourth-order valence-electron chi connectivity index (χ4n) is 2.92. The number of para-hydroxylation sites is 2. The molecule has 4 rings (SSSR count). The molecule has 0 unspecified atom stereocenters. The Bertz CT molecular complexity index is 1050. The van der Waals surface area contributed by atoms with E-state index in [4.69, 9.17) is 9.47 Å². The largest absolute Gasteiger partial charge is 0.485 e. The van der Waals surface area contributed by atoms with E-state index in [0.29, 0.717) is 22.2 Å². The van der Waals surface area contributed by atoms with Gasteiger partial charge in [0.2, 0.25) is 6.10 Å². The molecule has 0 fully saturated rings. The van der Waals surface area contributed by atoms with Crippen LogP contribution >= 0.6 is 11.3 Å². The van der Waals surface area contributed by atoms with Crippen LogP contribution in [0.4, 0.5) is 0 Å². The van der Waals surface area contributed by atoms with E-state index < -0.39 is 6.10 Å². The minimum Gasteiger partial charge on any atom is -0.485 e. The van der Waals surface area contributed by atoms with Gasteiger partial charge in [-0.3, -0.25) is 4.79 Å². The van der Waals surface area contributed by atoms with Crippen LogP contribution in [0.2, 0.25) is 0 Å². The molecule has 0 saturated carbocycles. The molecular weight excluding hydrogens is 348 g/mol. The highest BCUT2D eigenvalue weighted by Crippen LogP contribution is 2.31. The molecule has 0 bridgehead atoms. The van der Waals surface area contributed by atoms with Gasteiger partial charge in [0.05, 0.1) is 10.2 Å². The van der Waals surface area contributed by atoms with E-state index in [-0.39, 0.29) is 12.5 Å². The van der Waals surface area contributed by atoms with Crippen LogP contribution in [-0.2, 0) is 11.8 Å². The van der Waals surface area contributed by atoms with Gasteiger partial charge in [0.25, 0.3) is 5.91 Å². The standard InChI is InChI=1S/C20H20N2O3S/c1-12(2)13-8-9-14-18(10-13)26-20(22(14)3)21-19(23)17-11-24-15-6-4-5-7-16(15)25-17/h4-10,12,17H,11H2,1-3H3/t17-/m1/s1. The minimum absolute atomic E-state index is 0.172. The number of aromatic nitrogens is 1. The van der Waals surface area contributed by atoms with Gasteiger partial charge >= 0.3 is 0 Å². The molecule has 0 aliphatic carbocycles. The summed E-state index contributed by atoms with van der Waals surface area (Å²) in [5.74, 6) is 1.37. The van der Waals surface area contributed by atoms with Crippen molar-refractivity contribution < 1.29 is 14.3 Å². The molecule has 2 heterocycles. The van der Waals surface area contributed by atoms with Crippen molar-refractivity contribution in [3.63, 3.8) is 0 Å². The quantitative estimate of drug-likeness (QED) is 0.694. The first-order valence-electron chi connectivity index (χ1n) is 8.59. The number of carbonyl (C=O) groups excluding carboxylic acids is 1. The van der Waals surface area contributed by atoms with Crippen LogP contribution in [0.25, 0.3) is 10.2 Å². The van der Waals surface area contributed by atoms with Gasteiger partial charge in [0, 0.05) is 7.05 Å². The second-order valence-electron chi connectivity index (χ2n) is 6.64. The Hall–Kier alpha value is -2.60. The average Bonchev–Trinajstić information content (AvgIpc) is 2.96. The first-order chi connectivity index (χ1) is 12.5. The van der Waals surface area contributed by atoms with E-state index in [9.17, 15) is 4.79 Å². The molecule has 6 heteroatoms. The molecule has 0 N–H and O–H groups in total. The molecule has 0 spiro atoms. The average molecular weight is 368 g/mol. The lowest BCUT2D eigenvalue weighted by Gasteiger charge is -2.23. The third-order valence-corrected chi connectivity index (χ3v) is 5.58. The van der Waals surface area contributed by atoms with Crippen LogP contribution in [0.1, 0.15) is 25.3 Å². The van der Waals surface area contributed by atoms with Crippen molar-refractivity contribution in [3.8, 4) is 11.5 Å². The molecule has 1 aliphatic rings. The van der Waals surface area contributed by atoms with Crippen LogP contribution in [-0.4, -0.2) is 23.2 Å². The van der Waals surface area contributed by atoms with Gasteiger partial charge in [-0.2, -0.15) is 4.99 Å². The highest BCUT2D eigenvalue weighted by molar-refractivity contribution is 7.16. The van der Waals surface area contributed by atoms with Gasteiger partial charge in [-0.15, -0.1) is 0 Å². The van der Waals surface area contributed by atoms with Crippen LogP contribution in [0.5, 0.6) is 11.5 Å². The Morgan fingerprint density at radius 3 is 2.77 bits per heavy atom. The van der Waals surface area contributed by atoms with Crippen LogP contribution in [0.3, 0.4) is 0 Å². The lowest BCUT2D eigenvalue weighted by atomic mass is 10.0. The number of thiazole rings is 1. The van der Waals surface area contributed by atoms with E-state index in [1.54, 1.807) is 6.07 Å². The molecule has 1 aromatic heterocycles. The highest BCUT2D eigenvalue weighted by Gasteiger charge is 2.27. The van der Waals surface area contributed by atoms with Crippen molar-refractivity contribution >= 4 is 27.5 Å². The summed E-state index contributed by atoms with van der Waals surface area (Å²) in [5, 5.41) is 0. The van der Waals surface area contributed by atoms with Crippen molar-refractivity contribution in [3.05, 3.63) is 52.8 Å². The number of rotatable bonds is 2. The van der Waals surface area contributed by atoms with Gasteiger partial charge < -0.3 is 14.0 Å². The fourth-order valence-corrected chi connectivity index (χ4v) is 4.00. The van der Waals surface area contributed by atoms with Crippen molar-refractivity contribution in [2.24, 2.45) is 12.0 Å². The summed E-state index contributed by atoms with van der Waals surface area (Å²) >= 11 is 1.51. The number of benzene rings is 2. The third-order valence-electron chi connectivity index (χ3n) is 4.49. The number of amides is 1. The van der Waals surface area contributed by atoms with Crippen LogP contribution < -0.4 is 14.3 Å². The molecule has 26 heavy (non-hydrogen) atoms. The van der Waals surface area contributed by atoms with Gasteiger partial charge in [0.15, 0.2) is 16.3 Å². The Labute approximate surface area is 155 Å². The summed E-state index contributed by atoms with van der Waals surface area (Å²) in [7, 11) is 1.92. The van der Waals surface area contributed by atoms with Gasteiger partial charge in [-0.1, -0.05) is 43.4 Å². The molecule has 1 aliphatic heterocycles. The SMILES string of the molecule is CC(C)c1ccc2c(c1)sc(=NC(=O)[C@H]1COc3ccccc3O1)n2C. The zero-order valence-electron chi connectivity index (χ0n) is 14.9. The molecule has 2 aromatic carbocycles. The summed E-state index contributed by atoms with van der Waals surface area (Å²) < 4.78 is 14.4. The maximum Gasteiger partial charge on any atom is 0.292 e. The zero-order valence-corrected chi connectivity index (χ0v) is 15.7. The molecule has 134 valence electrons. The lowest BCUT2D eigenvalue weighted by molar-refractivity contribution is -0.127. The van der Waals surface area contributed by atoms with Gasteiger partial charge in [0.1, 0.15) is 6.61 Å². The lowest BCUT2D eigenvalue weighted by Crippen LogP contribution is -2.36. The van der Waals surface area contributed by atoms with Crippen molar-refractivity contribution in [1.82, 2.24) is 4.57 Å². The first kappa shape index (κ1) is 16.8. The molecule has 0 radical (unpaired) electrons. The second kappa shape index (κ2) is 6.61. The maximum atomic E-state index is 12.6. The van der Waals surface area contributed by atoms with Gasteiger partial charge in [-0.25, -0.2) is 0 Å². The van der Waals surface area contributed by atoms with E-state index in [0.717, 1.165) is 10.2 Å². The number of fused-ring (bicyclic) bond motifs is 2. The summed E-state index contributed by atoms with van der Waals surface area (Å²) in [5.41, 5.74) is 2.34. The van der Waals surface area contributed by atoms with Crippen LogP contribution in [0, 0.1) is 0 Å². The molecular formula is C20H20N2O3S. The molecule has 3 aromatic rings. The molecule has 0 saturated heterocycles. The normalized spacial score (nSPS) is 17.1. The van der Waals surface area contributed by atoms with Crippen molar-refractivity contribution in [2.45, 2.75) is 25.9 Å².